The highest BCUT2D eigenvalue weighted by molar-refractivity contribution is 8.00. The summed E-state index contributed by atoms with van der Waals surface area (Å²) in [4.78, 5) is 25.1. The van der Waals surface area contributed by atoms with Crippen molar-refractivity contribution in [3.63, 3.8) is 0 Å². The molecule has 6 heteroatoms. The van der Waals surface area contributed by atoms with E-state index >= 15 is 0 Å². The fourth-order valence-electron chi connectivity index (χ4n) is 2.97. The smallest absolute Gasteiger partial charge is 0.411 e. The summed E-state index contributed by atoms with van der Waals surface area (Å²) < 4.78 is 4.57. The van der Waals surface area contributed by atoms with Gasteiger partial charge in [-0.1, -0.05) is 41.5 Å². The van der Waals surface area contributed by atoms with Gasteiger partial charge in [0.25, 0.3) is 0 Å². The second-order valence-electron chi connectivity index (χ2n) is 9.27. The molecule has 0 aliphatic heterocycles. The Morgan fingerprint density at radius 1 is 0.967 bits per heavy atom. The van der Waals surface area contributed by atoms with E-state index < -0.39 is 6.09 Å². The second-order valence-corrected chi connectivity index (χ2v) is 10.3. The number of hydrogen-bond donors (Lipinski definition) is 2. The summed E-state index contributed by atoms with van der Waals surface area (Å²) in [5.74, 6) is 0.558. The van der Waals surface area contributed by atoms with Gasteiger partial charge in [-0.15, -0.1) is 11.8 Å². The number of Topliss-reactive ketones (excluding diaryl/α,β-unsaturated/α-hetero) is 1. The third-order valence-electron chi connectivity index (χ3n) is 4.70. The minimum atomic E-state index is -0.526. The molecular weight excluding hydrogens is 398 g/mol. The number of carbonyl (C=O) groups excluding carboxylic acids is 2. The van der Waals surface area contributed by atoms with Crippen LogP contribution in [-0.2, 0) is 15.6 Å². The lowest BCUT2D eigenvalue weighted by Gasteiger charge is -2.28. The van der Waals surface area contributed by atoms with E-state index in [0.717, 1.165) is 16.0 Å². The Bertz CT molecular complexity index is 887. The molecule has 0 saturated carbocycles. The third-order valence-corrected chi connectivity index (χ3v) is 5.72. The number of amides is 1. The van der Waals surface area contributed by atoms with Crippen LogP contribution in [0.2, 0.25) is 0 Å². The van der Waals surface area contributed by atoms with Gasteiger partial charge in [0.15, 0.2) is 5.78 Å². The number of nitrogens with one attached hydrogen (secondary N) is 1. The van der Waals surface area contributed by atoms with Crippen LogP contribution in [0, 0.1) is 0 Å². The Morgan fingerprint density at radius 2 is 1.47 bits per heavy atom. The van der Waals surface area contributed by atoms with Crippen molar-refractivity contribution in [2.75, 3.05) is 18.2 Å². The molecule has 0 spiro atoms. The van der Waals surface area contributed by atoms with Gasteiger partial charge in [0, 0.05) is 27.3 Å². The minimum Gasteiger partial charge on any atom is -0.507 e. The predicted octanol–water partition coefficient (Wildman–Crippen LogP) is 6.14. The zero-order valence-corrected chi connectivity index (χ0v) is 19.6. The van der Waals surface area contributed by atoms with Gasteiger partial charge < -0.3 is 9.84 Å². The number of aromatic hydroxyl groups is 1. The van der Waals surface area contributed by atoms with E-state index in [1.807, 2.05) is 65.8 Å². The Hall–Kier alpha value is -2.47. The molecule has 0 atom stereocenters. The number of thioether (sulfide) groups is 1. The molecule has 30 heavy (non-hydrogen) atoms. The fourth-order valence-corrected chi connectivity index (χ4v) is 3.77. The predicted molar refractivity (Wildman–Crippen MR) is 123 cm³/mol. The maximum absolute atomic E-state index is 13.0. The van der Waals surface area contributed by atoms with Gasteiger partial charge in [-0.2, -0.15) is 0 Å². The van der Waals surface area contributed by atoms with E-state index in [0.29, 0.717) is 11.3 Å². The zero-order chi connectivity index (χ0) is 22.7. The SMILES string of the molecule is COC(=O)Nc1ccc(SCC(=O)c2cc(C(C)(C)C)c(O)c(C(C)(C)C)c2)cc1. The average Bonchev–Trinajstić information content (AvgIpc) is 2.65. The largest absolute Gasteiger partial charge is 0.507 e. The average molecular weight is 430 g/mol. The summed E-state index contributed by atoms with van der Waals surface area (Å²) in [6, 6.07) is 10.9. The highest BCUT2D eigenvalue weighted by Crippen LogP contribution is 2.40. The molecule has 1 amide bonds. The van der Waals surface area contributed by atoms with Crippen molar-refractivity contribution in [3.8, 4) is 5.75 Å². The van der Waals surface area contributed by atoms with Crippen LogP contribution in [0.1, 0.15) is 63.0 Å². The number of benzene rings is 2. The molecule has 0 aliphatic carbocycles. The van der Waals surface area contributed by atoms with E-state index in [1.54, 1.807) is 12.1 Å². The first-order chi connectivity index (χ1) is 13.8. The Labute approximate surface area is 183 Å². The lowest BCUT2D eigenvalue weighted by molar-refractivity contribution is 0.102. The summed E-state index contributed by atoms with van der Waals surface area (Å²) in [6.45, 7) is 12.2. The summed E-state index contributed by atoms with van der Waals surface area (Å²) >= 11 is 1.43. The summed E-state index contributed by atoms with van der Waals surface area (Å²) in [7, 11) is 1.31. The molecule has 0 saturated heterocycles. The van der Waals surface area contributed by atoms with Crippen molar-refractivity contribution < 1.29 is 19.4 Å². The van der Waals surface area contributed by atoms with E-state index in [2.05, 4.69) is 10.1 Å². The van der Waals surface area contributed by atoms with Gasteiger partial charge in [0.2, 0.25) is 0 Å². The molecule has 0 unspecified atom stereocenters. The van der Waals surface area contributed by atoms with Crippen LogP contribution >= 0.6 is 11.8 Å². The maximum atomic E-state index is 13.0. The molecule has 0 bridgehead atoms. The van der Waals surface area contributed by atoms with Crippen molar-refractivity contribution in [1.82, 2.24) is 0 Å². The number of anilines is 1. The number of rotatable bonds is 5. The molecule has 5 nitrogen and oxygen atoms in total. The lowest BCUT2D eigenvalue weighted by atomic mass is 9.78. The molecule has 2 aromatic carbocycles. The molecule has 2 rings (SSSR count). The van der Waals surface area contributed by atoms with Crippen LogP contribution in [0.5, 0.6) is 5.75 Å². The fraction of sp³-hybridized carbons (Fsp3) is 0.417. The van der Waals surface area contributed by atoms with Crippen LogP contribution in [0.15, 0.2) is 41.3 Å². The molecule has 0 aromatic heterocycles. The number of carbonyl (C=O) groups is 2. The topological polar surface area (TPSA) is 75.6 Å². The van der Waals surface area contributed by atoms with Gasteiger partial charge in [0.05, 0.1) is 12.9 Å². The molecule has 0 radical (unpaired) electrons. The van der Waals surface area contributed by atoms with Crippen molar-refractivity contribution in [2.24, 2.45) is 0 Å². The highest BCUT2D eigenvalue weighted by Gasteiger charge is 2.27. The Balaban J connectivity index is 2.21. The van der Waals surface area contributed by atoms with Gasteiger partial charge in [-0.05, 0) is 47.2 Å². The highest BCUT2D eigenvalue weighted by atomic mass is 32.2. The summed E-state index contributed by atoms with van der Waals surface area (Å²) in [5, 5.41) is 13.4. The van der Waals surface area contributed by atoms with E-state index in [-0.39, 0.29) is 28.1 Å². The molecule has 0 aliphatic rings. The summed E-state index contributed by atoms with van der Waals surface area (Å²) in [5.41, 5.74) is 2.23. The molecule has 2 aromatic rings. The van der Waals surface area contributed by atoms with Crippen LogP contribution in [-0.4, -0.2) is 29.8 Å². The molecule has 162 valence electrons. The molecule has 2 N–H and O–H groups in total. The Kier molecular flexibility index (Phi) is 7.24. The quantitative estimate of drug-likeness (QED) is 0.441. The maximum Gasteiger partial charge on any atom is 0.411 e. The first-order valence-electron chi connectivity index (χ1n) is 9.82. The van der Waals surface area contributed by atoms with Crippen molar-refractivity contribution in [1.29, 1.82) is 0 Å². The zero-order valence-electron chi connectivity index (χ0n) is 18.8. The van der Waals surface area contributed by atoms with Crippen molar-refractivity contribution in [2.45, 2.75) is 57.3 Å². The number of phenols is 1. The Morgan fingerprint density at radius 3 is 1.90 bits per heavy atom. The van der Waals surface area contributed by atoms with E-state index in [9.17, 15) is 14.7 Å². The number of methoxy groups -OCH3 is 1. The number of ether oxygens (including phenoxy) is 1. The number of phenolic OH excluding ortho intramolecular Hbond substituents is 1. The van der Waals surface area contributed by atoms with Crippen LogP contribution in [0.3, 0.4) is 0 Å². The summed E-state index contributed by atoms with van der Waals surface area (Å²) in [6.07, 6.45) is -0.526. The van der Waals surface area contributed by atoms with Gasteiger partial charge in [-0.3, -0.25) is 10.1 Å². The number of hydrogen-bond acceptors (Lipinski definition) is 5. The van der Waals surface area contributed by atoms with E-state index in [4.69, 9.17) is 0 Å². The third kappa shape index (κ3) is 6.02. The first kappa shape index (κ1) is 23.8. The molecule has 0 heterocycles. The van der Waals surface area contributed by atoms with Crippen LogP contribution in [0.25, 0.3) is 0 Å². The normalized spacial score (nSPS) is 11.8. The van der Waals surface area contributed by atoms with Gasteiger partial charge in [0.1, 0.15) is 5.75 Å². The lowest BCUT2D eigenvalue weighted by Crippen LogP contribution is -2.19. The van der Waals surface area contributed by atoms with Crippen molar-refractivity contribution >= 4 is 29.3 Å². The van der Waals surface area contributed by atoms with Crippen molar-refractivity contribution in [3.05, 3.63) is 53.1 Å². The van der Waals surface area contributed by atoms with Crippen LogP contribution in [0.4, 0.5) is 10.5 Å². The van der Waals surface area contributed by atoms with E-state index in [1.165, 1.54) is 18.9 Å². The minimum absolute atomic E-state index is 0.00719. The second kappa shape index (κ2) is 9.13. The standard InChI is InChI=1S/C24H31NO4S/c1-23(2,3)18-12-15(13-19(21(18)27)24(4,5)6)20(26)14-30-17-10-8-16(9-11-17)25-22(28)29-7/h8-13,27H,14H2,1-7H3,(H,25,28). The molecular formula is C24H31NO4S. The van der Waals surface area contributed by atoms with Gasteiger partial charge >= 0.3 is 6.09 Å². The first-order valence-corrected chi connectivity index (χ1v) is 10.8. The van der Waals surface area contributed by atoms with Gasteiger partial charge in [-0.25, -0.2) is 4.79 Å². The number of ketones is 1. The monoisotopic (exact) mass is 429 g/mol. The molecule has 0 fully saturated rings. The van der Waals surface area contributed by atoms with Crippen LogP contribution < -0.4 is 5.32 Å².